The molecule has 2 heterocycles. The summed E-state index contributed by atoms with van der Waals surface area (Å²) in [5, 5.41) is 0. The number of carbonyl (C=O) groups is 5. The van der Waals surface area contributed by atoms with E-state index in [1.165, 1.54) is 27.7 Å². The molecular formula is C28H36O10. The van der Waals surface area contributed by atoms with Crippen molar-refractivity contribution in [2.75, 3.05) is 0 Å². The highest BCUT2D eigenvalue weighted by Crippen LogP contribution is 2.79. The lowest BCUT2D eigenvalue weighted by atomic mass is 9.35. The summed E-state index contributed by atoms with van der Waals surface area (Å²) in [7, 11) is 0. The Balaban J connectivity index is 1.91. The Morgan fingerprint density at radius 1 is 0.868 bits per heavy atom. The summed E-state index contributed by atoms with van der Waals surface area (Å²) >= 11 is 0. The highest BCUT2D eigenvalue weighted by molar-refractivity contribution is 5.83. The molecule has 6 rings (SSSR count). The number of hydrogen-bond acceptors (Lipinski definition) is 10. The van der Waals surface area contributed by atoms with Crippen LogP contribution in [0, 0.1) is 34.0 Å². The predicted octanol–water partition coefficient (Wildman–Crippen LogP) is 3.01. The first-order valence-electron chi connectivity index (χ1n) is 13.3. The molecule has 2 saturated heterocycles. The molecular weight excluding hydrogens is 496 g/mol. The van der Waals surface area contributed by atoms with E-state index in [0.717, 1.165) is 6.42 Å². The average molecular weight is 533 g/mol. The maximum absolute atomic E-state index is 14.2. The van der Waals surface area contributed by atoms with Gasteiger partial charge in [0.1, 0.15) is 17.6 Å². The van der Waals surface area contributed by atoms with Crippen LogP contribution in [0.2, 0.25) is 0 Å². The minimum atomic E-state index is -2.22. The van der Waals surface area contributed by atoms with Crippen LogP contribution in [0.15, 0.2) is 12.2 Å². The summed E-state index contributed by atoms with van der Waals surface area (Å²) in [4.78, 5) is 64.7. The van der Waals surface area contributed by atoms with Crippen molar-refractivity contribution in [1.29, 1.82) is 0 Å². The fourth-order valence-corrected chi connectivity index (χ4v) is 9.32. The standard InChI is InChI=1S/C28H36O10/c1-13-18-9-10-19-26-12-8-11-25(6,7)20(26)23(36-16(4)31)28(37-17(5)32,38-24(26)33)27(19,21(13)34-14(2)29)22(18)35-15(3)30/h18-23H,1,8-12H2,2-7H3/t18-,19-,20+,21+,22?,23-,26+,27-,28+/m0/s1. The molecule has 1 unspecified atom stereocenters. The molecule has 6 fully saturated rings. The van der Waals surface area contributed by atoms with E-state index in [0.29, 0.717) is 31.3 Å². The van der Waals surface area contributed by atoms with Crippen molar-refractivity contribution in [3.8, 4) is 0 Å². The van der Waals surface area contributed by atoms with E-state index in [4.69, 9.17) is 23.7 Å². The van der Waals surface area contributed by atoms with Gasteiger partial charge in [0.05, 0.1) is 5.41 Å². The van der Waals surface area contributed by atoms with E-state index in [1.807, 2.05) is 13.8 Å². The van der Waals surface area contributed by atoms with Gasteiger partial charge in [0.2, 0.25) is 0 Å². The van der Waals surface area contributed by atoms with E-state index >= 15 is 0 Å². The molecule has 4 bridgehead atoms. The average Bonchev–Trinajstić information content (AvgIpc) is 2.89. The SMILES string of the molecule is C=C1[C@@H](OC(C)=O)[C@]23C(OC(C)=O)[C@H]1CC[C@H]2[C@]12CCCC(C)(C)[C@H]1[C@H](OC(C)=O)[C@@]3(OC(C)=O)OC2=O. The number of carbonyl (C=O) groups excluding carboxylic acids is 5. The third-order valence-electron chi connectivity index (χ3n) is 9.93. The normalized spacial score (nSPS) is 43.7. The Morgan fingerprint density at radius 2 is 1.47 bits per heavy atom. The minimum absolute atomic E-state index is 0.441. The molecule has 2 spiro atoms. The molecule has 10 nitrogen and oxygen atoms in total. The molecule has 208 valence electrons. The fraction of sp³-hybridized carbons (Fsp3) is 0.750. The highest BCUT2D eigenvalue weighted by atomic mass is 16.8. The van der Waals surface area contributed by atoms with Crippen molar-refractivity contribution < 1.29 is 47.7 Å². The first-order valence-corrected chi connectivity index (χ1v) is 13.3. The first-order chi connectivity index (χ1) is 17.7. The second kappa shape index (κ2) is 8.29. The Hall–Kier alpha value is -2.91. The van der Waals surface area contributed by atoms with Crippen molar-refractivity contribution in [1.82, 2.24) is 0 Å². The molecule has 0 aromatic carbocycles. The van der Waals surface area contributed by atoms with E-state index in [-0.39, 0.29) is 0 Å². The van der Waals surface area contributed by atoms with Gasteiger partial charge in [-0.3, -0.25) is 24.0 Å². The van der Waals surface area contributed by atoms with E-state index in [1.54, 1.807) is 0 Å². The lowest BCUT2D eigenvalue weighted by Crippen LogP contribution is -2.86. The zero-order valence-corrected chi connectivity index (χ0v) is 22.8. The summed E-state index contributed by atoms with van der Waals surface area (Å²) in [6, 6.07) is 0. The van der Waals surface area contributed by atoms with Crippen LogP contribution in [0.4, 0.5) is 0 Å². The van der Waals surface area contributed by atoms with Gasteiger partial charge in [-0.1, -0.05) is 26.8 Å². The van der Waals surface area contributed by atoms with Crippen LogP contribution in [0.5, 0.6) is 0 Å². The minimum Gasteiger partial charge on any atom is -0.461 e. The summed E-state index contributed by atoms with van der Waals surface area (Å²) in [5.74, 6) is -6.98. The summed E-state index contributed by atoms with van der Waals surface area (Å²) in [5.41, 5.74) is -2.73. The van der Waals surface area contributed by atoms with Crippen LogP contribution < -0.4 is 0 Å². The van der Waals surface area contributed by atoms with Gasteiger partial charge in [0, 0.05) is 39.5 Å². The predicted molar refractivity (Wildman–Crippen MR) is 129 cm³/mol. The molecule has 10 heteroatoms. The maximum Gasteiger partial charge on any atom is 0.316 e. The smallest absolute Gasteiger partial charge is 0.316 e. The van der Waals surface area contributed by atoms with Gasteiger partial charge in [0.15, 0.2) is 6.10 Å². The monoisotopic (exact) mass is 532 g/mol. The second-order valence-electron chi connectivity index (χ2n) is 12.3. The second-order valence-corrected chi connectivity index (χ2v) is 12.3. The quantitative estimate of drug-likeness (QED) is 0.302. The molecule has 4 aliphatic carbocycles. The highest BCUT2D eigenvalue weighted by Gasteiger charge is 2.92. The molecule has 6 aliphatic rings. The third kappa shape index (κ3) is 3.09. The number of rotatable bonds is 4. The molecule has 0 aromatic rings. The molecule has 2 aliphatic heterocycles. The van der Waals surface area contributed by atoms with E-state index in [9.17, 15) is 24.0 Å². The Bertz CT molecular complexity index is 1140. The van der Waals surface area contributed by atoms with Crippen LogP contribution in [-0.2, 0) is 47.7 Å². The number of ether oxygens (including phenoxy) is 5. The first kappa shape index (κ1) is 26.7. The molecule has 9 atom stereocenters. The fourth-order valence-electron chi connectivity index (χ4n) is 9.32. The van der Waals surface area contributed by atoms with Gasteiger partial charge in [0.25, 0.3) is 0 Å². The van der Waals surface area contributed by atoms with Gasteiger partial charge in [-0.2, -0.15) is 0 Å². The number of hydrogen-bond donors (Lipinski definition) is 0. The summed E-state index contributed by atoms with van der Waals surface area (Å²) in [6.07, 6.45) is -0.422. The van der Waals surface area contributed by atoms with Crippen LogP contribution in [-0.4, -0.2) is 53.9 Å². The summed E-state index contributed by atoms with van der Waals surface area (Å²) < 4.78 is 30.2. The van der Waals surface area contributed by atoms with Gasteiger partial charge < -0.3 is 23.7 Å². The number of fused-ring (bicyclic) bond motifs is 2. The van der Waals surface area contributed by atoms with Crippen LogP contribution in [0.25, 0.3) is 0 Å². The van der Waals surface area contributed by atoms with Crippen LogP contribution >= 0.6 is 0 Å². The molecule has 0 amide bonds. The Kier molecular flexibility index (Phi) is 5.82. The van der Waals surface area contributed by atoms with Crippen LogP contribution in [0.1, 0.15) is 73.6 Å². The molecule has 4 saturated carbocycles. The molecule has 0 N–H and O–H groups in total. The van der Waals surface area contributed by atoms with E-state index < -0.39 is 87.9 Å². The molecule has 0 aromatic heterocycles. The van der Waals surface area contributed by atoms with Crippen molar-refractivity contribution in [3.05, 3.63) is 12.2 Å². The molecule has 38 heavy (non-hydrogen) atoms. The van der Waals surface area contributed by atoms with Crippen molar-refractivity contribution in [2.45, 2.75) is 97.7 Å². The lowest BCUT2D eigenvalue weighted by Gasteiger charge is -2.73. The largest absolute Gasteiger partial charge is 0.461 e. The zero-order chi connectivity index (χ0) is 28.0. The van der Waals surface area contributed by atoms with Gasteiger partial charge >= 0.3 is 35.6 Å². The van der Waals surface area contributed by atoms with Gasteiger partial charge in [-0.15, -0.1) is 0 Å². The van der Waals surface area contributed by atoms with Crippen molar-refractivity contribution in [2.24, 2.45) is 34.0 Å². The Labute approximate surface area is 221 Å². The third-order valence-corrected chi connectivity index (χ3v) is 9.93. The molecule has 0 radical (unpaired) electrons. The van der Waals surface area contributed by atoms with Crippen molar-refractivity contribution >= 4 is 29.8 Å². The van der Waals surface area contributed by atoms with Crippen molar-refractivity contribution in [3.63, 3.8) is 0 Å². The number of esters is 5. The summed E-state index contributed by atoms with van der Waals surface area (Å²) in [6.45, 7) is 13.2. The van der Waals surface area contributed by atoms with Gasteiger partial charge in [-0.05, 0) is 42.6 Å². The van der Waals surface area contributed by atoms with Gasteiger partial charge in [-0.25, -0.2) is 0 Å². The topological polar surface area (TPSA) is 132 Å². The zero-order valence-electron chi connectivity index (χ0n) is 22.8. The lowest BCUT2D eigenvalue weighted by molar-refractivity contribution is -0.433. The van der Waals surface area contributed by atoms with Crippen LogP contribution in [0.3, 0.4) is 0 Å². The van der Waals surface area contributed by atoms with E-state index in [2.05, 4.69) is 6.58 Å². The Morgan fingerprint density at radius 3 is 2.05 bits per heavy atom. The maximum atomic E-state index is 14.2.